The van der Waals surface area contributed by atoms with Crippen LogP contribution in [0, 0.1) is 0 Å². The van der Waals surface area contributed by atoms with Crippen LogP contribution in [-0.2, 0) is 4.79 Å². The number of ether oxygens (including phenoxy) is 1. The van der Waals surface area contributed by atoms with Crippen molar-refractivity contribution in [3.63, 3.8) is 0 Å². The molecule has 4 rings (SSSR count). The van der Waals surface area contributed by atoms with Gasteiger partial charge in [-0.05, 0) is 62.7 Å². The number of piperidine rings is 1. The van der Waals surface area contributed by atoms with Crippen LogP contribution >= 0.6 is 0 Å². The summed E-state index contributed by atoms with van der Waals surface area (Å²) in [5.74, 6) is 1.32. The zero-order valence-electron chi connectivity index (χ0n) is 16.7. The first-order chi connectivity index (χ1) is 14.1. The minimum absolute atomic E-state index is 0.00157. The Balaban J connectivity index is 1.57. The van der Waals surface area contributed by atoms with Crippen molar-refractivity contribution in [1.29, 1.82) is 0 Å². The number of likely N-dealkylation sites (tertiary alicyclic amines) is 1. The Hall–Kier alpha value is -2.86. The van der Waals surface area contributed by atoms with Gasteiger partial charge in [0.1, 0.15) is 11.5 Å². The summed E-state index contributed by atoms with van der Waals surface area (Å²) in [6.45, 7) is 3.84. The number of carbonyl (C=O) groups excluding carboxylic acids is 2. The Morgan fingerprint density at radius 3 is 2.52 bits per heavy atom. The normalized spacial score (nSPS) is 20.4. The molecule has 0 saturated carbocycles. The number of rotatable bonds is 4. The monoisotopic (exact) mass is 393 g/mol. The summed E-state index contributed by atoms with van der Waals surface area (Å²) in [4.78, 5) is 27.1. The summed E-state index contributed by atoms with van der Waals surface area (Å²) in [5, 5.41) is 6.40. The molecule has 29 heavy (non-hydrogen) atoms. The molecule has 2 fully saturated rings. The van der Waals surface area contributed by atoms with Crippen molar-refractivity contribution < 1.29 is 14.3 Å². The molecule has 6 nitrogen and oxygen atoms in total. The fraction of sp³-hybridized carbons (Fsp3) is 0.391. The van der Waals surface area contributed by atoms with Gasteiger partial charge in [-0.2, -0.15) is 0 Å². The van der Waals surface area contributed by atoms with Crippen LogP contribution in [0.5, 0.6) is 11.5 Å². The van der Waals surface area contributed by atoms with E-state index >= 15 is 0 Å². The number of benzene rings is 2. The summed E-state index contributed by atoms with van der Waals surface area (Å²) < 4.78 is 5.90. The Morgan fingerprint density at radius 1 is 1.07 bits per heavy atom. The lowest BCUT2D eigenvalue weighted by Gasteiger charge is -2.41. The van der Waals surface area contributed by atoms with Gasteiger partial charge in [0, 0.05) is 30.6 Å². The molecule has 0 aliphatic carbocycles. The highest BCUT2D eigenvalue weighted by molar-refractivity contribution is 5.95. The minimum atomic E-state index is -0.203. The average molecular weight is 393 g/mol. The van der Waals surface area contributed by atoms with Crippen LogP contribution in [0.4, 0.5) is 0 Å². The van der Waals surface area contributed by atoms with Crippen LogP contribution < -0.4 is 15.4 Å². The van der Waals surface area contributed by atoms with Gasteiger partial charge in [0.15, 0.2) is 0 Å². The molecule has 152 valence electrons. The van der Waals surface area contributed by atoms with Crippen LogP contribution in [0.3, 0.4) is 0 Å². The summed E-state index contributed by atoms with van der Waals surface area (Å²) >= 11 is 0. The lowest BCUT2D eigenvalue weighted by atomic mass is 9.84. The SMILES string of the molecule is CC(=O)NC1CN(C(=O)c2cccc(Oc3ccccc3)c2)C2(CCNCC2)C1. The summed E-state index contributed by atoms with van der Waals surface area (Å²) in [7, 11) is 0. The van der Waals surface area contributed by atoms with E-state index in [9.17, 15) is 9.59 Å². The fourth-order valence-electron chi connectivity index (χ4n) is 4.57. The second-order valence-corrected chi connectivity index (χ2v) is 7.93. The molecular formula is C23H27N3O3. The molecule has 1 atom stereocenters. The molecule has 2 heterocycles. The molecule has 2 aromatic carbocycles. The third-order valence-corrected chi connectivity index (χ3v) is 5.85. The smallest absolute Gasteiger partial charge is 0.254 e. The Kier molecular flexibility index (Phi) is 5.53. The highest BCUT2D eigenvalue weighted by Gasteiger charge is 2.48. The first-order valence-electron chi connectivity index (χ1n) is 10.2. The number of hydrogen-bond donors (Lipinski definition) is 2. The van der Waals surface area contributed by atoms with Crippen LogP contribution in [0.25, 0.3) is 0 Å². The molecule has 1 unspecified atom stereocenters. The van der Waals surface area contributed by atoms with E-state index in [1.165, 1.54) is 6.92 Å². The van der Waals surface area contributed by atoms with E-state index in [0.717, 1.165) is 38.1 Å². The van der Waals surface area contributed by atoms with Gasteiger partial charge >= 0.3 is 0 Å². The molecule has 2 aromatic rings. The number of nitrogens with one attached hydrogen (secondary N) is 2. The van der Waals surface area contributed by atoms with Gasteiger partial charge in [0.2, 0.25) is 5.91 Å². The fourth-order valence-corrected chi connectivity index (χ4v) is 4.57. The molecule has 6 heteroatoms. The van der Waals surface area contributed by atoms with Crippen LogP contribution in [0.1, 0.15) is 36.5 Å². The van der Waals surface area contributed by atoms with Gasteiger partial charge in [0.25, 0.3) is 5.91 Å². The van der Waals surface area contributed by atoms with Gasteiger partial charge in [0.05, 0.1) is 0 Å². The molecule has 0 radical (unpaired) electrons. The Morgan fingerprint density at radius 2 is 1.79 bits per heavy atom. The highest BCUT2D eigenvalue weighted by atomic mass is 16.5. The van der Waals surface area contributed by atoms with Crippen LogP contribution in [-0.4, -0.2) is 47.9 Å². The van der Waals surface area contributed by atoms with Crippen molar-refractivity contribution in [2.24, 2.45) is 0 Å². The number of amides is 2. The maximum atomic E-state index is 13.5. The molecular weight excluding hydrogens is 366 g/mol. The first-order valence-corrected chi connectivity index (χ1v) is 10.2. The van der Waals surface area contributed by atoms with Crippen molar-refractivity contribution in [1.82, 2.24) is 15.5 Å². The van der Waals surface area contributed by atoms with Gasteiger partial charge in [-0.15, -0.1) is 0 Å². The van der Waals surface area contributed by atoms with Gasteiger partial charge in [-0.3, -0.25) is 9.59 Å². The molecule has 2 saturated heterocycles. The molecule has 2 N–H and O–H groups in total. The van der Waals surface area contributed by atoms with Gasteiger partial charge in [-0.1, -0.05) is 24.3 Å². The quantitative estimate of drug-likeness (QED) is 0.838. The third-order valence-electron chi connectivity index (χ3n) is 5.85. The van der Waals surface area contributed by atoms with E-state index in [0.29, 0.717) is 17.9 Å². The van der Waals surface area contributed by atoms with E-state index < -0.39 is 0 Å². The Labute approximate surface area is 171 Å². The van der Waals surface area contributed by atoms with E-state index in [-0.39, 0.29) is 23.4 Å². The predicted octanol–water partition coefficient (Wildman–Crippen LogP) is 2.95. The number of carbonyl (C=O) groups is 2. The minimum Gasteiger partial charge on any atom is -0.457 e. The van der Waals surface area contributed by atoms with E-state index in [1.807, 2.05) is 53.4 Å². The van der Waals surface area contributed by atoms with Crippen molar-refractivity contribution in [3.8, 4) is 11.5 Å². The van der Waals surface area contributed by atoms with Crippen molar-refractivity contribution in [3.05, 3.63) is 60.2 Å². The lowest BCUT2D eigenvalue weighted by Crippen LogP contribution is -2.53. The number of nitrogens with zero attached hydrogens (tertiary/aromatic N) is 1. The summed E-state index contributed by atoms with van der Waals surface area (Å²) in [6.07, 6.45) is 2.60. The lowest BCUT2D eigenvalue weighted by molar-refractivity contribution is -0.119. The number of para-hydroxylation sites is 1. The second kappa shape index (κ2) is 8.25. The van der Waals surface area contributed by atoms with E-state index in [4.69, 9.17) is 4.74 Å². The van der Waals surface area contributed by atoms with Gasteiger partial charge < -0.3 is 20.3 Å². The summed E-state index contributed by atoms with van der Waals surface area (Å²) in [6, 6.07) is 16.9. The zero-order valence-corrected chi connectivity index (χ0v) is 16.7. The van der Waals surface area contributed by atoms with Crippen molar-refractivity contribution >= 4 is 11.8 Å². The first kappa shape index (κ1) is 19.5. The average Bonchev–Trinajstić information content (AvgIpc) is 3.05. The molecule has 0 aromatic heterocycles. The Bertz CT molecular complexity index is 878. The van der Waals surface area contributed by atoms with Crippen molar-refractivity contribution in [2.45, 2.75) is 37.8 Å². The van der Waals surface area contributed by atoms with Crippen LogP contribution in [0.2, 0.25) is 0 Å². The second-order valence-electron chi connectivity index (χ2n) is 7.93. The van der Waals surface area contributed by atoms with Crippen molar-refractivity contribution in [2.75, 3.05) is 19.6 Å². The molecule has 1 spiro atoms. The third kappa shape index (κ3) is 4.27. The van der Waals surface area contributed by atoms with E-state index in [2.05, 4.69) is 10.6 Å². The topological polar surface area (TPSA) is 70.7 Å². The molecule has 2 aliphatic rings. The van der Waals surface area contributed by atoms with E-state index in [1.54, 1.807) is 6.07 Å². The molecule has 2 aliphatic heterocycles. The summed E-state index contributed by atoms with van der Waals surface area (Å²) in [5.41, 5.74) is 0.408. The maximum absolute atomic E-state index is 13.5. The zero-order chi connectivity index (χ0) is 20.3. The highest BCUT2D eigenvalue weighted by Crippen LogP contribution is 2.38. The number of hydrogen-bond acceptors (Lipinski definition) is 4. The largest absolute Gasteiger partial charge is 0.457 e. The molecule has 0 bridgehead atoms. The van der Waals surface area contributed by atoms with Gasteiger partial charge in [-0.25, -0.2) is 0 Å². The standard InChI is InChI=1S/C23H27N3O3/c1-17(27)25-19-15-23(10-12-24-13-11-23)26(16-19)22(28)18-6-5-9-21(14-18)29-20-7-3-2-4-8-20/h2-9,14,19,24H,10-13,15-16H2,1H3,(H,25,27). The molecule has 2 amide bonds. The van der Waals surface area contributed by atoms with Crippen LogP contribution in [0.15, 0.2) is 54.6 Å². The predicted molar refractivity (Wildman–Crippen MR) is 111 cm³/mol. The maximum Gasteiger partial charge on any atom is 0.254 e.